The largest absolute Gasteiger partial charge is 0.441 e. The number of carbonyl (C=O) groups excluding carboxylic acids is 2. The normalized spacial score (nSPS) is 22.8. The van der Waals surface area contributed by atoms with Gasteiger partial charge in [0.05, 0.1) is 23.6 Å². The van der Waals surface area contributed by atoms with Crippen molar-refractivity contribution in [2.75, 3.05) is 10.6 Å². The Morgan fingerprint density at radius 2 is 2.00 bits per heavy atom. The lowest BCUT2D eigenvalue weighted by Gasteiger charge is -2.48. The summed E-state index contributed by atoms with van der Waals surface area (Å²) in [7, 11) is 1.59. The zero-order chi connectivity index (χ0) is 26.1. The molecule has 1 unspecified atom stereocenters. The Balaban J connectivity index is 1.24. The first kappa shape index (κ1) is 24.3. The fourth-order valence-electron chi connectivity index (χ4n) is 5.07. The minimum absolute atomic E-state index is 0.0538. The molecule has 3 atom stereocenters. The zero-order valence-corrected chi connectivity index (χ0v) is 20.3. The minimum Gasteiger partial charge on any atom is -0.441 e. The molecule has 12 heteroatoms. The topological polar surface area (TPSA) is 148 Å². The van der Waals surface area contributed by atoms with E-state index in [4.69, 9.17) is 4.74 Å². The quantitative estimate of drug-likeness (QED) is 0.481. The van der Waals surface area contributed by atoms with E-state index in [1.165, 1.54) is 30.1 Å². The number of rotatable bonds is 6. The Labute approximate surface area is 212 Å². The van der Waals surface area contributed by atoms with Crippen molar-refractivity contribution >= 4 is 23.5 Å². The van der Waals surface area contributed by atoms with Gasteiger partial charge in [-0.25, -0.2) is 14.5 Å². The van der Waals surface area contributed by atoms with Crippen molar-refractivity contribution in [3.8, 4) is 17.5 Å². The van der Waals surface area contributed by atoms with Crippen LogP contribution in [0.2, 0.25) is 0 Å². The van der Waals surface area contributed by atoms with Crippen LogP contribution in [-0.2, 0) is 16.6 Å². The molecule has 0 spiro atoms. The van der Waals surface area contributed by atoms with E-state index in [1.807, 2.05) is 0 Å². The van der Waals surface area contributed by atoms with Crippen molar-refractivity contribution in [2.45, 2.75) is 32.3 Å². The fraction of sp³-hybridized carbons (Fsp3) is 0.400. The van der Waals surface area contributed by atoms with Crippen molar-refractivity contribution in [2.24, 2.45) is 30.7 Å². The molecule has 2 amide bonds. The van der Waals surface area contributed by atoms with Gasteiger partial charge in [-0.1, -0.05) is 5.21 Å². The van der Waals surface area contributed by atoms with E-state index >= 15 is 0 Å². The molecule has 190 valence electrons. The summed E-state index contributed by atoms with van der Waals surface area (Å²) in [4.78, 5) is 33.3. The fourth-order valence-corrected chi connectivity index (χ4v) is 5.07. The van der Waals surface area contributed by atoms with Crippen LogP contribution in [-0.4, -0.2) is 37.0 Å². The highest BCUT2D eigenvalue weighted by Crippen LogP contribution is 2.52. The standard InChI is InChI=1S/C25H25FN8O3/c1-13(18-4-3-7-28-22(18)26)37-25(36)31-23-21(32-33-34(23)2)20-6-5-17(12-29-20)30-24(35)19-10-16(11-27)14-8-15(19)9-14/h3-7,12-16,19H,8-10H2,1-2H3,(H,30,35)(H,31,36)/t13-,14?,15?,16-,19?/m1/s1. The van der Waals surface area contributed by atoms with Crippen molar-refractivity contribution in [1.29, 1.82) is 5.26 Å². The SMILES string of the molecule is C[C@@H](OC(=O)Nc1c(-c2ccc(NC(=O)C3C[C@H](C#N)C4CC3C4)cn2)nnn1C)c1cccnc1F. The Hall–Kier alpha value is -4.40. The minimum atomic E-state index is -0.877. The summed E-state index contributed by atoms with van der Waals surface area (Å²) in [6, 6.07) is 8.73. The van der Waals surface area contributed by atoms with Gasteiger partial charge in [0.1, 0.15) is 6.10 Å². The van der Waals surface area contributed by atoms with Gasteiger partial charge in [-0.3, -0.25) is 15.1 Å². The molecule has 3 aliphatic rings. The smallest absolute Gasteiger partial charge is 0.413 e. The average Bonchev–Trinajstić information content (AvgIpc) is 3.23. The van der Waals surface area contributed by atoms with Crippen LogP contribution >= 0.6 is 0 Å². The van der Waals surface area contributed by atoms with Crippen molar-refractivity contribution in [3.63, 3.8) is 0 Å². The summed E-state index contributed by atoms with van der Waals surface area (Å²) in [5.41, 5.74) is 1.38. The molecule has 3 saturated carbocycles. The summed E-state index contributed by atoms with van der Waals surface area (Å²) >= 11 is 0. The molecule has 3 fully saturated rings. The Kier molecular flexibility index (Phi) is 6.52. The summed E-state index contributed by atoms with van der Waals surface area (Å²) in [5, 5.41) is 22.9. The average molecular weight is 505 g/mol. The Morgan fingerprint density at radius 3 is 2.70 bits per heavy atom. The predicted octanol–water partition coefficient (Wildman–Crippen LogP) is 3.85. The third kappa shape index (κ3) is 4.84. The monoisotopic (exact) mass is 504 g/mol. The van der Waals surface area contributed by atoms with Gasteiger partial charge in [0.15, 0.2) is 11.5 Å². The van der Waals surface area contributed by atoms with Crippen LogP contribution in [0, 0.1) is 41.0 Å². The van der Waals surface area contributed by atoms with Gasteiger partial charge in [-0.15, -0.1) is 5.10 Å². The first-order valence-electron chi connectivity index (χ1n) is 12.0. The molecular formula is C25H25FN8O3. The van der Waals surface area contributed by atoms with Crippen LogP contribution in [0.25, 0.3) is 11.4 Å². The summed E-state index contributed by atoms with van der Waals surface area (Å²) < 4.78 is 20.5. The number of halogens is 1. The molecule has 37 heavy (non-hydrogen) atoms. The number of nitrogens with one attached hydrogen (secondary N) is 2. The molecule has 2 N–H and O–H groups in total. The number of aromatic nitrogens is 5. The van der Waals surface area contributed by atoms with Gasteiger partial charge in [0.25, 0.3) is 0 Å². The van der Waals surface area contributed by atoms with Gasteiger partial charge in [-0.05, 0) is 62.3 Å². The molecule has 0 saturated heterocycles. The van der Waals surface area contributed by atoms with Crippen LogP contribution in [0.15, 0.2) is 36.7 Å². The van der Waals surface area contributed by atoms with Crippen LogP contribution in [0.3, 0.4) is 0 Å². The van der Waals surface area contributed by atoms with Crippen LogP contribution < -0.4 is 10.6 Å². The lowest BCUT2D eigenvalue weighted by molar-refractivity contribution is -0.127. The van der Waals surface area contributed by atoms with E-state index in [1.54, 1.807) is 25.2 Å². The predicted molar refractivity (Wildman–Crippen MR) is 129 cm³/mol. The van der Waals surface area contributed by atoms with E-state index in [-0.39, 0.29) is 29.1 Å². The maximum absolute atomic E-state index is 13.9. The van der Waals surface area contributed by atoms with E-state index < -0.39 is 18.1 Å². The van der Waals surface area contributed by atoms with E-state index in [2.05, 4.69) is 37.0 Å². The Morgan fingerprint density at radius 1 is 1.19 bits per heavy atom. The van der Waals surface area contributed by atoms with Crippen LogP contribution in [0.5, 0.6) is 0 Å². The maximum atomic E-state index is 13.9. The van der Waals surface area contributed by atoms with E-state index in [0.717, 1.165) is 12.8 Å². The van der Waals surface area contributed by atoms with Gasteiger partial charge >= 0.3 is 6.09 Å². The number of anilines is 2. The number of carbonyl (C=O) groups is 2. The second kappa shape index (κ2) is 9.93. The highest BCUT2D eigenvalue weighted by atomic mass is 19.1. The van der Waals surface area contributed by atoms with Gasteiger partial charge in [0.2, 0.25) is 11.9 Å². The molecule has 6 rings (SSSR count). The van der Waals surface area contributed by atoms with E-state index in [0.29, 0.717) is 35.3 Å². The van der Waals surface area contributed by atoms with Gasteiger partial charge in [-0.2, -0.15) is 9.65 Å². The molecule has 0 aliphatic heterocycles. The lowest BCUT2D eigenvalue weighted by atomic mass is 9.55. The first-order valence-corrected chi connectivity index (χ1v) is 12.0. The lowest BCUT2D eigenvalue weighted by Crippen LogP contribution is -2.46. The van der Waals surface area contributed by atoms with Gasteiger partial charge < -0.3 is 10.1 Å². The van der Waals surface area contributed by atoms with Crippen LogP contribution in [0.1, 0.15) is 37.9 Å². The number of aryl methyl sites for hydroxylation is 1. The van der Waals surface area contributed by atoms with Crippen molar-refractivity contribution in [1.82, 2.24) is 25.0 Å². The highest BCUT2D eigenvalue weighted by Gasteiger charge is 2.48. The molecule has 3 aliphatic carbocycles. The molecule has 0 aromatic carbocycles. The zero-order valence-electron chi connectivity index (χ0n) is 20.3. The Bertz CT molecular complexity index is 1360. The number of amides is 2. The molecule has 2 bridgehead atoms. The first-order chi connectivity index (χ1) is 17.8. The molecule has 0 radical (unpaired) electrons. The second-order valence-corrected chi connectivity index (χ2v) is 9.46. The number of nitrogens with zero attached hydrogens (tertiary/aromatic N) is 6. The number of nitriles is 1. The number of hydrogen-bond donors (Lipinski definition) is 2. The number of fused-ring (bicyclic) bond motifs is 2. The molecule has 3 heterocycles. The number of pyridine rings is 2. The second-order valence-electron chi connectivity index (χ2n) is 9.46. The molecule has 11 nitrogen and oxygen atoms in total. The molecule has 3 aromatic rings. The van der Waals surface area contributed by atoms with Crippen molar-refractivity contribution in [3.05, 3.63) is 48.2 Å². The third-order valence-corrected chi connectivity index (χ3v) is 7.19. The number of ether oxygens (including phenoxy) is 1. The summed E-state index contributed by atoms with van der Waals surface area (Å²) in [6.45, 7) is 1.54. The van der Waals surface area contributed by atoms with Crippen molar-refractivity contribution < 1.29 is 18.7 Å². The van der Waals surface area contributed by atoms with Crippen LogP contribution in [0.4, 0.5) is 20.7 Å². The summed E-state index contributed by atoms with van der Waals surface area (Å²) in [6.07, 6.45) is 3.59. The number of hydrogen-bond acceptors (Lipinski definition) is 8. The van der Waals surface area contributed by atoms with Gasteiger partial charge in [0, 0.05) is 30.6 Å². The van der Waals surface area contributed by atoms with E-state index in [9.17, 15) is 19.2 Å². The molecular weight excluding hydrogens is 479 g/mol. The maximum Gasteiger partial charge on any atom is 0.413 e. The highest BCUT2D eigenvalue weighted by molar-refractivity contribution is 5.93. The molecule has 3 aromatic heterocycles. The summed E-state index contributed by atoms with van der Waals surface area (Å²) in [5.74, 6) is -0.0222. The third-order valence-electron chi connectivity index (χ3n) is 7.19.